The molecule has 7 nitrogen and oxygen atoms in total. The number of pyridine rings is 1. The van der Waals surface area contributed by atoms with Crippen molar-refractivity contribution in [3.05, 3.63) is 24.0 Å². The standard InChI is InChI=1S/C13H15N3O4S/c14-8-10-4-5-11(9-15-10)21(19,20)16-13(12(17)18)6-2-1-3-7-13/h4-5,9,16H,1-3,6-7H2,(H,17,18). The highest BCUT2D eigenvalue weighted by molar-refractivity contribution is 7.89. The number of sulfonamides is 1. The third-order valence-corrected chi connectivity index (χ3v) is 5.13. The average molecular weight is 309 g/mol. The molecule has 8 heteroatoms. The summed E-state index contributed by atoms with van der Waals surface area (Å²) >= 11 is 0. The highest BCUT2D eigenvalue weighted by atomic mass is 32.2. The monoisotopic (exact) mass is 309 g/mol. The lowest BCUT2D eigenvalue weighted by atomic mass is 9.83. The molecule has 2 N–H and O–H groups in total. The Balaban J connectivity index is 2.30. The van der Waals surface area contributed by atoms with Crippen LogP contribution in [0, 0.1) is 11.3 Å². The number of carboxylic acid groups (broad SMARTS) is 1. The van der Waals surface area contributed by atoms with Gasteiger partial charge in [0.15, 0.2) is 0 Å². The van der Waals surface area contributed by atoms with Crippen molar-refractivity contribution in [2.45, 2.75) is 42.5 Å². The first-order valence-corrected chi connectivity index (χ1v) is 8.01. The van der Waals surface area contributed by atoms with Crippen molar-refractivity contribution in [1.82, 2.24) is 9.71 Å². The normalized spacial score (nSPS) is 17.9. The molecular formula is C13H15N3O4S. The second-order valence-corrected chi connectivity index (χ2v) is 6.73. The molecule has 1 saturated carbocycles. The molecule has 1 aromatic heterocycles. The van der Waals surface area contributed by atoms with Gasteiger partial charge in [0.05, 0.1) is 0 Å². The Labute approximate surface area is 122 Å². The van der Waals surface area contributed by atoms with Crippen molar-refractivity contribution in [1.29, 1.82) is 5.26 Å². The maximum atomic E-state index is 12.3. The van der Waals surface area contributed by atoms with E-state index in [9.17, 15) is 18.3 Å². The fraction of sp³-hybridized carbons (Fsp3) is 0.462. The second kappa shape index (κ2) is 5.79. The van der Waals surface area contributed by atoms with Crippen LogP contribution in [0.25, 0.3) is 0 Å². The van der Waals surface area contributed by atoms with Gasteiger partial charge in [-0.1, -0.05) is 19.3 Å². The molecule has 0 bridgehead atoms. The summed E-state index contributed by atoms with van der Waals surface area (Å²) in [4.78, 5) is 15.1. The topological polar surface area (TPSA) is 120 Å². The van der Waals surface area contributed by atoms with Crippen molar-refractivity contribution >= 4 is 16.0 Å². The Bertz CT molecular complexity index is 670. The third kappa shape index (κ3) is 3.20. The van der Waals surface area contributed by atoms with Crippen molar-refractivity contribution in [3.63, 3.8) is 0 Å². The van der Waals surface area contributed by atoms with Crippen LogP contribution in [0.15, 0.2) is 23.2 Å². The van der Waals surface area contributed by atoms with Gasteiger partial charge in [-0.3, -0.25) is 4.79 Å². The summed E-state index contributed by atoms with van der Waals surface area (Å²) in [6.07, 6.45) is 3.83. The van der Waals surface area contributed by atoms with Crippen molar-refractivity contribution in [2.75, 3.05) is 0 Å². The number of nitrogens with zero attached hydrogens (tertiary/aromatic N) is 2. The molecule has 0 saturated heterocycles. The highest BCUT2D eigenvalue weighted by Gasteiger charge is 2.43. The number of rotatable bonds is 4. The van der Waals surface area contributed by atoms with E-state index in [0.29, 0.717) is 12.8 Å². The van der Waals surface area contributed by atoms with Crippen LogP contribution in [0.2, 0.25) is 0 Å². The Morgan fingerprint density at radius 2 is 2.00 bits per heavy atom. The first-order chi connectivity index (χ1) is 9.89. The molecule has 2 rings (SSSR count). The molecule has 1 aliphatic rings. The minimum atomic E-state index is -3.99. The maximum Gasteiger partial charge on any atom is 0.324 e. The largest absolute Gasteiger partial charge is 0.480 e. The van der Waals surface area contributed by atoms with Crippen LogP contribution in [0.3, 0.4) is 0 Å². The number of aliphatic carboxylic acids is 1. The fourth-order valence-corrected chi connectivity index (χ4v) is 3.80. The fourth-order valence-electron chi connectivity index (χ4n) is 2.44. The van der Waals surface area contributed by atoms with Crippen molar-refractivity contribution in [3.8, 4) is 6.07 Å². The zero-order chi connectivity index (χ0) is 15.5. The number of carbonyl (C=O) groups is 1. The van der Waals surface area contributed by atoms with Crippen molar-refractivity contribution < 1.29 is 18.3 Å². The zero-order valence-electron chi connectivity index (χ0n) is 11.2. The van der Waals surface area contributed by atoms with Gasteiger partial charge in [-0.15, -0.1) is 0 Å². The van der Waals surface area contributed by atoms with Gasteiger partial charge in [-0.05, 0) is 25.0 Å². The quantitative estimate of drug-likeness (QED) is 0.856. The zero-order valence-corrected chi connectivity index (χ0v) is 12.1. The van der Waals surface area contributed by atoms with Crippen LogP contribution >= 0.6 is 0 Å². The molecular weight excluding hydrogens is 294 g/mol. The van der Waals surface area contributed by atoms with Gasteiger partial charge >= 0.3 is 5.97 Å². The molecule has 0 aliphatic heterocycles. The Kier molecular flexibility index (Phi) is 4.25. The predicted octanol–water partition coefficient (Wildman–Crippen LogP) is 1.02. The molecule has 0 atom stereocenters. The summed E-state index contributed by atoms with van der Waals surface area (Å²) in [6, 6.07) is 4.32. The lowest BCUT2D eigenvalue weighted by Crippen LogP contribution is -2.55. The molecule has 21 heavy (non-hydrogen) atoms. The van der Waals surface area contributed by atoms with Gasteiger partial charge in [-0.25, -0.2) is 13.4 Å². The van der Waals surface area contributed by atoms with Crippen LogP contribution < -0.4 is 4.72 Å². The molecule has 0 spiro atoms. The number of hydrogen-bond donors (Lipinski definition) is 2. The van der Waals surface area contributed by atoms with Gasteiger partial charge in [-0.2, -0.15) is 9.98 Å². The van der Waals surface area contributed by atoms with Gasteiger partial charge in [0, 0.05) is 6.20 Å². The lowest BCUT2D eigenvalue weighted by molar-refractivity contribution is -0.145. The summed E-state index contributed by atoms with van der Waals surface area (Å²) < 4.78 is 26.9. The summed E-state index contributed by atoms with van der Waals surface area (Å²) in [7, 11) is -3.99. The summed E-state index contributed by atoms with van der Waals surface area (Å²) in [5.74, 6) is -1.16. The third-order valence-electron chi connectivity index (χ3n) is 3.61. The van der Waals surface area contributed by atoms with E-state index in [-0.39, 0.29) is 23.4 Å². The van der Waals surface area contributed by atoms with Crippen LogP contribution in [0.1, 0.15) is 37.8 Å². The average Bonchev–Trinajstić information content (AvgIpc) is 2.47. The van der Waals surface area contributed by atoms with Gasteiger partial charge < -0.3 is 5.11 Å². The first-order valence-electron chi connectivity index (χ1n) is 6.53. The van der Waals surface area contributed by atoms with Crippen LogP contribution in [0.4, 0.5) is 0 Å². The first kappa shape index (κ1) is 15.4. The van der Waals surface area contributed by atoms with E-state index in [4.69, 9.17) is 5.26 Å². The SMILES string of the molecule is N#Cc1ccc(S(=O)(=O)NC2(C(=O)O)CCCCC2)cn1. The number of hydrogen-bond acceptors (Lipinski definition) is 5. The van der Waals surface area contributed by atoms with Crippen LogP contribution in [-0.2, 0) is 14.8 Å². The number of aromatic nitrogens is 1. The van der Waals surface area contributed by atoms with Gasteiger partial charge in [0.2, 0.25) is 10.0 Å². The number of nitrogens with one attached hydrogen (secondary N) is 1. The molecule has 1 heterocycles. The van der Waals surface area contributed by atoms with Gasteiger partial charge in [0.1, 0.15) is 22.2 Å². The lowest BCUT2D eigenvalue weighted by Gasteiger charge is -2.33. The summed E-state index contributed by atoms with van der Waals surface area (Å²) in [6.45, 7) is 0. The Morgan fingerprint density at radius 1 is 1.33 bits per heavy atom. The van der Waals surface area contributed by atoms with E-state index in [0.717, 1.165) is 12.6 Å². The molecule has 112 valence electrons. The number of nitriles is 1. The van der Waals surface area contributed by atoms with E-state index >= 15 is 0 Å². The minimum Gasteiger partial charge on any atom is -0.480 e. The van der Waals surface area contributed by atoms with E-state index in [1.54, 1.807) is 6.07 Å². The predicted molar refractivity (Wildman–Crippen MR) is 72.7 cm³/mol. The summed E-state index contributed by atoms with van der Waals surface area (Å²) in [5, 5.41) is 18.0. The van der Waals surface area contributed by atoms with Crippen LogP contribution in [-0.4, -0.2) is 30.0 Å². The summed E-state index contributed by atoms with van der Waals surface area (Å²) in [5.41, 5.74) is -1.36. The Morgan fingerprint density at radius 3 is 2.48 bits per heavy atom. The second-order valence-electron chi connectivity index (χ2n) is 5.04. The highest BCUT2D eigenvalue weighted by Crippen LogP contribution is 2.30. The van der Waals surface area contributed by atoms with E-state index < -0.39 is 21.5 Å². The maximum absolute atomic E-state index is 12.3. The van der Waals surface area contributed by atoms with Crippen LogP contribution in [0.5, 0.6) is 0 Å². The van der Waals surface area contributed by atoms with E-state index in [1.165, 1.54) is 12.1 Å². The molecule has 0 radical (unpaired) electrons. The molecule has 1 aromatic rings. The molecule has 0 amide bonds. The smallest absolute Gasteiger partial charge is 0.324 e. The Hall–Kier alpha value is -1.98. The van der Waals surface area contributed by atoms with E-state index in [1.807, 2.05) is 0 Å². The van der Waals surface area contributed by atoms with E-state index in [2.05, 4.69) is 9.71 Å². The molecule has 0 aromatic carbocycles. The van der Waals surface area contributed by atoms with Crippen molar-refractivity contribution in [2.24, 2.45) is 0 Å². The van der Waals surface area contributed by atoms with Gasteiger partial charge in [0.25, 0.3) is 0 Å². The minimum absolute atomic E-state index is 0.0968. The molecule has 1 aliphatic carbocycles. The number of carboxylic acids is 1. The molecule has 0 unspecified atom stereocenters. The molecule has 1 fully saturated rings.